The van der Waals surface area contributed by atoms with Gasteiger partial charge in [0.1, 0.15) is 12.1 Å². The minimum absolute atomic E-state index is 0.0814. The average Bonchev–Trinajstić information content (AvgIpc) is 2.88. The minimum Gasteiger partial charge on any atom is -0.759 e. The van der Waals surface area contributed by atoms with Gasteiger partial charge in [0, 0.05) is 42.9 Å². The molecule has 3 heterocycles. The van der Waals surface area contributed by atoms with Crippen molar-refractivity contribution < 1.29 is 17.5 Å². The number of alkyl halides is 2. The van der Waals surface area contributed by atoms with Crippen LogP contribution in [-0.4, -0.2) is 65.0 Å². The Balaban J connectivity index is 1.35. The van der Waals surface area contributed by atoms with Crippen LogP contribution in [0.1, 0.15) is 12.8 Å². The van der Waals surface area contributed by atoms with E-state index in [0.717, 1.165) is 42.8 Å². The summed E-state index contributed by atoms with van der Waals surface area (Å²) in [6.45, 7) is 0.745. The molecule has 1 spiro atoms. The van der Waals surface area contributed by atoms with Gasteiger partial charge in [-0.15, -0.1) is 0 Å². The Kier molecular flexibility index (Phi) is 4.37. The summed E-state index contributed by atoms with van der Waals surface area (Å²) in [5.41, 5.74) is 3.53. The molecule has 1 saturated heterocycles. The van der Waals surface area contributed by atoms with E-state index in [1.807, 2.05) is 7.05 Å². The van der Waals surface area contributed by atoms with Crippen molar-refractivity contribution in [1.82, 2.24) is 29.6 Å². The third kappa shape index (κ3) is 3.06. The Labute approximate surface area is 150 Å². The number of rotatable bonds is 6. The summed E-state index contributed by atoms with van der Waals surface area (Å²) in [5.74, 6) is 0.838. The standard InChI is InChI=1S/C14H19F2N7O2S/c1-21-12-10(4-19-21)13(18-8-17-12)22-6-14(7-22)2-9(3-14)20-23(26(24)25)5-11(15)16/h4,8-9,11,20H,2-3,5-7H2,1H3,(H,24,25)/p-1. The number of hydrazine groups is 1. The van der Waals surface area contributed by atoms with E-state index in [4.69, 9.17) is 0 Å². The zero-order chi connectivity index (χ0) is 18.5. The summed E-state index contributed by atoms with van der Waals surface area (Å²) < 4.78 is 49.2. The SMILES string of the molecule is Cn1ncc2c(N3CC4(CC(NN(CC(F)F)S(=O)[O-])C4)C3)ncnc21. The third-order valence-corrected chi connectivity index (χ3v) is 5.64. The van der Waals surface area contributed by atoms with Crippen LogP contribution in [0.25, 0.3) is 11.0 Å². The maximum Gasteiger partial charge on any atom is 0.253 e. The van der Waals surface area contributed by atoms with Gasteiger partial charge in [-0.2, -0.15) is 9.51 Å². The Bertz CT molecular complexity index is 834. The lowest BCUT2D eigenvalue weighted by atomic mass is 9.61. The van der Waals surface area contributed by atoms with Gasteiger partial charge in [0.15, 0.2) is 5.65 Å². The molecule has 0 radical (unpaired) electrons. The maximum atomic E-state index is 12.4. The normalized spacial score (nSPS) is 20.8. The summed E-state index contributed by atoms with van der Waals surface area (Å²) >= 11 is -2.72. The molecular weight excluding hydrogens is 368 g/mol. The van der Waals surface area contributed by atoms with Crippen LogP contribution in [0, 0.1) is 5.41 Å². The molecule has 2 fully saturated rings. The minimum atomic E-state index is -2.72. The average molecular weight is 386 g/mol. The Morgan fingerprint density at radius 3 is 2.85 bits per heavy atom. The van der Waals surface area contributed by atoms with E-state index in [0.29, 0.717) is 4.41 Å². The monoisotopic (exact) mass is 386 g/mol. The fraction of sp³-hybridized carbons (Fsp3) is 0.643. The molecule has 0 aromatic carbocycles. The Morgan fingerprint density at radius 1 is 1.46 bits per heavy atom. The van der Waals surface area contributed by atoms with Gasteiger partial charge >= 0.3 is 0 Å². The van der Waals surface area contributed by atoms with E-state index in [9.17, 15) is 17.5 Å². The van der Waals surface area contributed by atoms with E-state index in [2.05, 4.69) is 25.4 Å². The van der Waals surface area contributed by atoms with E-state index in [1.54, 1.807) is 10.9 Å². The highest BCUT2D eigenvalue weighted by molar-refractivity contribution is 7.76. The lowest BCUT2D eigenvalue weighted by Gasteiger charge is -2.60. The van der Waals surface area contributed by atoms with Crippen molar-refractivity contribution in [3.8, 4) is 0 Å². The highest BCUT2D eigenvalue weighted by Gasteiger charge is 2.53. The highest BCUT2D eigenvalue weighted by Crippen LogP contribution is 2.50. The number of hydrogen-bond acceptors (Lipinski definition) is 7. The smallest absolute Gasteiger partial charge is 0.253 e. The summed E-state index contributed by atoms with van der Waals surface area (Å²) in [6, 6.07) is -0.113. The number of aryl methyl sites for hydroxylation is 1. The number of nitrogens with zero attached hydrogens (tertiary/aromatic N) is 6. The Morgan fingerprint density at radius 2 is 2.19 bits per heavy atom. The molecule has 12 heteroatoms. The molecule has 26 heavy (non-hydrogen) atoms. The van der Waals surface area contributed by atoms with Crippen molar-refractivity contribution in [3.05, 3.63) is 12.5 Å². The summed E-state index contributed by atoms with van der Waals surface area (Å²) in [7, 11) is 1.82. The van der Waals surface area contributed by atoms with Gasteiger partial charge in [-0.25, -0.2) is 24.2 Å². The number of nitrogens with one attached hydrogen (secondary N) is 1. The predicted molar refractivity (Wildman–Crippen MR) is 88.7 cm³/mol. The van der Waals surface area contributed by atoms with Crippen molar-refractivity contribution >= 4 is 28.1 Å². The molecule has 1 aliphatic heterocycles. The molecule has 142 valence electrons. The number of aromatic nitrogens is 4. The third-order valence-electron chi connectivity index (χ3n) is 5.03. The zero-order valence-electron chi connectivity index (χ0n) is 14.0. The molecule has 2 aromatic rings. The van der Waals surface area contributed by atoms with Crippen molar-refractivity contribution in [2.75, 3.05) is 24.5 Å². The van der Waals surface area contributed by atoms with Crippen LogP contribution in [-0.2, 0) is 18.3 Å². The largest absolute Gasteiger partial charge is 0.759 e. The molecule has 1 atom stereocenters. The second-order valence-electron chi connectivity index (χ2n) is 6.96. The number of hydrogen-bond donors (Lipinski definition) is 1. The topological polar surface area (TPSA) is 102 Å². The Hall–Kier alpha value is -1.76. The lowest BCUT2D eigenvalue weighted by Crippen LogP contribution is -2.68. The van der Waals surface area contributed by atoms with Crippen LogP contribution in [0.2, 0.25) is 0 Å². The second-order valence-corrected chi connectivity index (χ2v) is 7.84. The van der Waals surface area contributed by atoms with Gasteiger partial charge in [0.05, 0.1) is 18.1 Å². The molecule has 1 saturated carbocycles. The lowest BCUT2D eigenvalue weighted by molar-refractivity contribution is 0.0116. The maximum absolute atomic E-state index is 12.4. The van der Waals surface area contributed by atoms with Gasteiger partial charge in [-0.05, 0) is 12.8 Å². The fourth-order valence-electron chi connectivity index (χ4n) is 3.94. The first kappa shape index (κ1) is 17.6. The van der Waals surface area contributed by atoms with E-state index >= 15 is 0 Å². The number of anilines is 1. The van der Waals surface area contributed by atoms with Crippen LogP contribution < -0.4 is 10.3 Å². The van der Waals surface area contributed by atoms with Crippen molar-refractivity contribution in [1.29, 1.82) is 0 Å². The molecule has 2 aromatic heterocycles. The van der Waals surface area contributed by atoms with E-state index < -0.39 is 24.2 Å². The molecule has 1 aliphatic carbocycles. The van der Waals surface area contributed by atoms with E-state index in [-0.39, 0.29) is 11.5 Å². The second kappa shape index (κ2) is 6.44. The summed E-state index contributed by atoms with van der Waals surface area (Å²) in [6.07, 6.45) is 2.02. The molecule has 1 unspecified atom stereocenters. The van der Waals surface area contributed by atoms with Gasteiger partial charge in [0.25, 0.3) is 6.43 Å². The molecule has 2 aliphatic rings. The van der Waals surface area contributed by atoms with Crippen LogP contribution in [0.3, 0.4) is 0 Å². The fourth-order valence-corrected chi connectivity index (χ4v) is 4.41. The van der Waals surface area contributed by atoms with Crippen molar-refractivity contribution in [2.45, 2.75) is 25.3 Å². The van der Waals surface area contributed by atoms with Crippen molar-refractivity contribution in [2.24, 2.45) is 12.5 Å². The molecule has 0 amide bonds. The van der Waals surface area contributed by atoms with E-state index in [1.165, 1.54) is 6.33 Å². The molecular formula is C14H18F2N7O2S-. The van der Waals surface area contributed by atoms with Crippen LogP contribution in [0.5, 0.6) is 0 Å². The van der Waals surface area contributed by atoms with Gasteiger partial charge in [0.2, 0.25) is 0 Å². The zero-order valence-corrected chi connectivity index (χ0v) is 14.8. The number of fused-ring (bicyclic) bond motifs is 1. The predicted octanol–water partition coefficient (Wildman–Crippen LogP) is 0.198. The van der Waals surface area contributed by atoms with Gasteiger partial charge in [-0.1, -0.05) is 0 Å². The number of halogens is 2. The highest BCUT2D eigenvalue weighted by atomic mass is 32.2. The first-order valence-electron chi connectivity index (χ1n) is 8.16. The quantitative estimate of drug-likeness (QED) is 0.559. The van der Waals surface area contributed by atoms with Gasteiger partial charge in [-0.3, -0.25) is 8.89 Å². The molecule has 9 nitrogen and oxygen atoms in total. The van der Waals surface area contributed by atoms with Crippen molar-refractivity contribution in [3.63, 3.8) is 0 Å². The molecule has 0 bridgehead atoms. The van der Waals surface area contributed by atoms with Gasteiger partial charge < -0.3 is 9.45 Å². The first-order valence-corrected chi connectivity index (χ1v) is 9.19. The van der Waals surface area contributed by atoms with Crippen LogP contribution in [0.15, 0.2) is 12.5 Å². The molecule has 1 N–H and O–H groups in total. The summed E-state index contributed by atoms with van der Waals surface area (Å²) in [4.78, 5) is 10.7. The van der Waals surface area contributed by atoms with Crippen LogP contribution in [0.4, 0.5) is 14.6 Å². The first-order chi connectivity index (χ1) is 12.4. The molecule has 4 rings (SSSR count). The van der Waals surface area contributed by atoms with Crippen LogP contribution >= 0.6 is 0 Å². The summed E-state index contributed by atoms with van der Waals surface area (Å²) in [5, 5.41) is 5.10.